The lowest BCUT2D eigenvalue weighted by molar-refractivity contribution is 0.0207. The van der Waals surface area contributed by atoms with Gasteiger partial charge >= 0.3 is 6.16 Å². The molecule has 3 aromatic carbocycles. The zero-order valence-electron chi connectivity index (χ0n) is 22.6. The number of rotatable bonds is 8. The van der Waals surface area contributed by atoms with Gasteiger partial charge in [0, 0.05) is 18.5 Å². The topological polar surface area (TPSA) is 62.6 Å². The predicted molar refractivity (Wildman–Crippen MR) is 147 cm³/mol. The highest BCUT2D eigenvalue weighted by Gasteiger charge is 2.20. The van der Waals surface area contributed by atoms with E-state index in [2.05, 4.69) is 48.7 Å². The van der Waals surface area contributed by atoms with Gasteiger partial charge in [0.15, 0.2) is 0 Å². The molecule has 6 nitrogen and oxygen atoms in total. The molecule has 1 heterocycles. The maximum Gasteiger partial charge on any atom is 0.514 e. The number of hydrogen-bond acceptors (Lipinski definition) is 5. The molecule has 6 heteroatoms. The Hall–Kier alpha value is -3.80. The maximum atomic E-state index is 12.3. The molecule has 0 amide bonds. The van der Waals surface area contributed by atoms with Crippen LogP contribution in [0.4, 0.5) is 4.79 Å². The summed E-state index contributed by atoms with van der Waals surface area (Å²) in [6, 6.07) is 19.9. The highest BCUT2D eigenvalue weighted by atomic mass is 16.7. The SMILES string of the molecule is CCCCc1nc2c(C)ccc(OC)c2n1Cc1ccc(-c2ccccc2OC(=O)OC(C)(C)C)cc1. The molecule has 0 bridgehead atoms. The molecule has 0 radical (unpaired) electrons. The van der Waals surface area contributed by atoms with Gasteiger partial charge in [-0.1, -0.05) is 61.9 Å². The normalized spacial score (nSPS) is 11.5. The van der Waals surface area contributed by atoms with Gasteiger partial charge in [0.25, 0.3) is 0 Å². The minimum absolute atomic E-state index is 0.465. The molecule has 0 saturated heterocycles. The Kier molecular flexibility index (Phi) is 7.86. The molecule has 194 valence electrons. The van der Waals surface area contributed by atoms with Crippen LogP contribution in [-0.2, 0) is 17.7 Å². The van der Waals surface area contributed by atoms with Crippen molar-refractivity contribution in [3.05, 3.63) is 77.6 Å². The van der Waals surface area contributed by atoms with Crippen molar-refractivity contribution in [1.29, 1.82) is 0 Å². The summed E-state index contributed by atoms with van der Waals surface area (Å²) in [7, 11) is 1.71. The predicted octanol–water partition coefficient (Wildman–Crippen LogP) is 7.73. The second-order valence-corrected chi connectivity index (χ2v) is 10.3. The van der Waals surface area contributed by atoms with Crippen molar-refractivity contribution in [1.82, 2.24) is 9.55 Å². The second-order valence-electron chi connectivity index (χ2n) is 10.3. The number of aryl methyl sites for hydroxylation is 2. The Morgan fingerprint density at radius 1 is 0.973 bits per heavy atom. The summed E-state index contributed by atoms with van der Waals surface area (Å²) >= 11 is 0. The first-order valence-corrected chi connectivity index (χ1v) is 12.8. The van der Waals surface area contributed by atoms with Crippen molar-refractivity contribution in [2.75, 3.05) is 7.11 Å². The molecule has 0 atom stereocenters. The summed E-state index contributed by atoms with van der Waals surface area (Å²) < 4.78 is 18.9. The summed E-state index contributed by atoms with van der Waals surface area (Å²) in [5.41, 5.74) is 5.48. The maximum absolute atomic E-state index is 12.3. The molecule has 0 saturated carbocycles. The van der Waals surface area contributed by atoms with Gasteiger partial charge in [-0.15, -0.1) is 0 Å². The van der Waals surface area contributed by atoms with E-state index in [1.54, 1.807) is 13.2 Å². The zero-order chi connectivity index (χ0) is 26.6. The van der Waals surface area contributed by atoms with Gasteiger partial charge in [0.05, 0.1) is 12.6 Å². The van der Waals surface area contributed by atoms with Gasteiger partial charge in [-0.3, -0.25) is 0 Å². The quantitative estimate of drug-likeness (QED) is 0.183. The second kappa shape index (κ2) is 11.1. The van der Waals surface area contributed by atoms with E-state index >= 15 is 0 Å². The van der Waals surface area contributed by atoms with E-state index < -0.39 is 11.8 Å². The van der Waals surface area contributed by atoms with Crippen LogP contribution in [0.3, 0.4) is 0 Å². The van der Waals surface area contributed by atoms with Crippen molar-refractivity contribution in [2.45, 2.75) is 66.0 Å². The van der Waals surface area contributed by atoms with Crippen LogP contribution in [0.5, 0.6) is 11.5 Å². The van der Waals surface area contributed by atoms with Crippen LogP contribution in [0, 0.1) is 6.92 Å². The number of imidazole rings is 1. The van der Waals surface area contributed by atoms with Gasteiger partial charge in [-0.2, -0.15) is 0 Å². The lowest BCUT2D eigenvalue weighted by Crippen LogP contribution is -2.26. The van der Waals surface area contributed by atoms with Crippen LogP contribution in [0.2, 0.25) is 0 Å². The fraction of sp³-hybridized carbons (Fsp3) is 0.355. The molecule has 0 N–H and O–H groups in total. The van der Waals surface area contributed by atoms with Crippen LogP contribution >= 0.6 is 0 Å². The fourth-order valence-electron chi connectivity index (χ4n) is 4.37. The number of nitrogens with zero attached hydrogens (tertiary/aromatic N) is 2. The minimum atomic E-state index is -0.715. The average molecular weight is 501 g/mol. The number of unbranched alkanes of at least 4 members (excludes halogenated alkanes) is 1. The fourth-order valence-corrected chi connectivity index (χ4v) is 4.37. The molecule has 1 aromatic heterocycles. The third-order valence-corrected chi connectivity index (χ3v) is 6.19. The molecular weight excluding hydrogens is 464 g/mol. The van der Waals surface area contributed by atoms with Crippen molar-refractivity contribution in [3.63, 3.8) is 0 Å². The number of methoxy groups -OCH3 is 1. The molecule has 0 fully saturated rings. The largest absolute Gasteiger partial charge is 0.514 e. The van der Waals surface area contributed by atoms with Gasteiger partial charge in [-0.25, -0.2) is 9.78 Å². The first kappa shape index (κ1) is 26.3. The number of ether oxygens (including phenoxy) is 3. The van der Waals surface area contributed by atoms with Crippen molar-refractivity contribution in [2.24, 2.45) is 0 Å². The summed E-state index contributed by atoms with van der Waals surface area (Å²) in [5, 5.41) is 0. The van der Waals surface area contributed by atoms with E-state index in [-0.39, 0.29) is 0 Å². The van der Waals surface area contributed by atoms with Crippen molar-refractivity contribution >= 4 is 17.2 Å². The molecule has 0 spiro atoms. The standard InChI is InChI=1S/C31H36N2O4/c1-7-8-13-27-32-28-21(2)14-19-26(35-6)29(28)33(27)20-22-15-17-23(18-16-22)24-11-9-10-12-25(24)36-30(34)37-31(3,4)5/h9-12,14-19H,7-8,13,20H2,1-6H3. The first-order valence-electron chi connectivity index (χ1n) is 12.8. The number of carbonyl (C=O) groups is 1. The average Bonchev–Trinajstić information content (AvgIpc) is 3.22. The summed E-state index contributed by atoms with van der Waals surface area (Å²) in [6.07, 6.45) is 2.39. The highest BCUT2D eigenvalue weighted by Crippen LogP contribution is 2.33. The van der Waals surface area contributed by atoms with E-state index in [0.29, 0.717) is 12.3 Å². The minimum Gasteiger partial charge on any atom is -0.494 e. The molecule has 0 unspecified atom stereocenters. The number of carbonyl (C=O) groups excluding carboxylic acids is 1. The summed E-state index contributed by atoms with van der Waals surface area (Å²) in [6.45, 7) is 10.4. The Bertz CT molecular complexity index is 1380. The molecule has 0 aliphatic heterocycles. The van der Waals surface area contributed by atoms with Gasteiger partial charge < -0.3 is 18.8 Å². The van der Waals surface area contributed by atoms with Crippen molar-refractivity contribution < 1.29 is 19.0 Å². The summed E-state index contributed by atoms with van der Waals surface area (Å²) in [5.74, 6) is 2.37. The molecule has 0 aliphatic carbocycles. The lowest BCUT2D eigenvalue weighted by atomic mass is 10.0. The van der Waals surface area contributed by atoms with E-state index in [9.17, 15) is 4.79 Å². The smallest absolute Gasteiger partial charge is 0.494 e. The number of benzene rings is 3. The number of para-hydroxylation sites is 1. The van der Waals surface area contributed by atoms with Gasteiger partial charge in [0.2, 0.25) is 0 Å². The third-order valence-electron chi connectivity index (χ3n) is 6.19. The van der Waals surface area contributed by atoms with Crippen LogP contribution in [0.1, 0.15) is 57.5 Å². The Morgan fingerprint density at radius 2 is 1.70 bits per heavy atom. The molecule has 4 aromatic rings. The molecule has 4 rings (SSSR count). The van der Waals surface area contributed by atoms with Crippen LogP contribution in [0.15, 0.2) is 60.7 Å². The lowest BCUT2D eigenvalue weighted by Gasteiger charge is -2.19. The summed E-state index contributed by atoms with van der Waals surface area (Å²) in [4.78, 5) is 17.3. The monoisotopic (exact) mass is 500 g/mol. The van der Waals surface area contributed by atoms with E-state index in [4.69, 9.17) is 19.2 Å². The number of hydrogen-bond donors (Lipinski definition) is 0. The molecule has 37 heavy (non-hydrogen) atoms. The van der Waals surface area contributed by atoms with E-state index in [1.807, 2.05) is 45.0 Å². The van der Waals surface area contributed by atoms with Gasteiger partial charge in [0.1, 0.15) is 28.4 Å². The molecular formula is C31H36N2O4. The van der Waals surface area contributed by atoms with Crippen molar-refractivity contribution in [3.8, 4) is 22.6 Å². The highest BCUT2D eigenvalue weighted by molar-refractivity contribution is 5.86. The Balaban J connectivity index is 1.64. The third kappa shape index (κ3) is 6.13. The number of aromatic nitrogens is 2. The van der Waals surface area contributed by atoms with E-state index in [1.165, 1.54) is 0 Å². The Morgan fingerprint density at radius 3 is 2.38 bits per heavy atom. The van der Waals surface area contributed by atoms with Crippen LogP contribution < -0.4 is 9.47 Å². The van der Waals surface area contributed by atoms with Gasteiger partial charge in [-0.05, 0) is 62.9 Å². The Labute approximate surface area is 219 Å². The van der Waals surface area contributed by atoms with E-state index in [0.717, 1.165) is 64.1 Å². The van der Waals surface area contributed by atoms with Crippen LogP contribution in [0.25, 0.3) is 22.2 Å². The number of fused-ring (bicyclic) bond motifs is 1. The zero-order valence-corrected chi connectivity index (χ0v) is 22.6. The first-order chi connectivity index (χ1) is 17.7. The molecule has 0 aliphatic rings. The van der Waals surface area contributed by atoms with Crippen LogP contribution in [-0.4, -0.2) is 28.4 Å².